The molecule has 0 bridgehead atoms. The Morgan fingerprint density at radius 1 is 1.25 bits per heavy atom. The average Bonchev–Trinajstić information content (AvgIpc) is 2.78. The lowest BCUT2D eigenvalue weighted by molar-refractivity contribution is 0.0281. The molecule has 0 unspecified atom stereocenters. The van der Waals surface area contributed by atoms with Gasteiger partial charge in [-0.15, -0.1) is 0 Å². The van der Waals surface area contributed by atoms with Crippen molar-refractivity contribution in [2.75, 3.05) is 39.2 Å². The second-order valence-electron chi connectivity index (χ2n) is 8.20. The molecule has 0 saturated heterocycles. The van der Waals surface area contributed by atoms with Crippen molar-refractivity contribution in [2.45, 2.75) is 26.0 Å². The molecule has 2 aromatic carbocycles. The molecule has 1 aliphatic rings. The average molecular weight is 444 g/mol. The lowest BCUT2D eigenvalue weighted by Crippen LogP contribution is -2.44. The smallest absolute Gasteiger partial charge is 0.258 e. The van der Waals surface area contributed by atoms with E-state index in [0.717, 1.165) is 6.54 Å². The van der Waals surface area contributed by atoms with Gasteiger partial charge in [-0.25, -0.2) is 4.39 Å². The van der Waals surface area contributed by atoms with E-state index < -0.39 is 11.7 Å². The summed E-state index contributed by atoms with van der Waals surface area (Å²) >= 11 is 0. The SMILES string of the molecule is CO[C@H]1CN(C)C(=O)c2ccc(NC(=O)c3ccccc3F)cc2OC[C@H](C)NC[C@H]1C. The van der Waals surface area contributed by atoms with Gasteiger partial charge in [0.2, 0.25) is 0 Å². The van der Waals surface area contributed by atoms with Crippen LogP contribution in [0.3, 0.4) is 0 Å². The Morgan fingerprint density at radius 2 is 2.00 bits per heavy atom. The zero-order valence-corrected chi connectivity index (χ0v) is 18.9. The number of anilines is 1. The fraction of sp³-hybridized carbons (Fsp3) is 0.417. The summed E-state index contributed by atoms with van der Waals surface area (Å²) in [5, 5.41) is 6.10. The Hall–Kier alpha value is -2.97. The Bertz CT molecular complexity index is 968. The second-order valence-corrected chi connectivity index (χ2v) is 8.20. The topological polar surface area (TPSA) is 79.9 Å². The maximum Gasteiger partial charge on any atom is 0.258 e. The molecule has 0 aliphatic carbocycles. The number of fused-ring (bicyclic) bond motifs is 1. The molecule has 2 amide bonds. The van der Waals surface area contributed by atoms with Crippen molar-refractivity contribution in [3.05, 3.63) is 59.4 Å². The quantitative estimate of drug-likeness (QED) is 0.762. The molecule has 172 valence electrons. The first-order chi connectivity index (χ1) is 15.3. The number of carbonyl (C=O) groups is 2. The number of hydrogen-bond donors (Lipinski definition) is 2. The minimum Gasteiger partial charge on any atom is -0.491 e. The molecule has 2 aromatic rings. The predicted octanol–water partition coefficient (Wildman–Crippen LogP) is 3.17. The molecule has 0 aromatic heterocycles. The molecule has 7 nitrogen and oxygen atoms in total. The van der Waals surface area contributed by atoms with Gasteiger partial charge in [0, 0.05) is 45.0 Å². The summed E-state index contributed by atoms with van der Waals surface area (Å²) < 4.78 is 25.5. The molecule has 0 fully saturated rings. The van der Waals surface area contributed by atoms with E-state index in [9.17, 15) is 14.0 Å². The van der Waals surface area contributed by atoms with Crippen LogP contribution in [0.4, 0.5) is 10.1 Å². The third-order valence-corrected chi connectivity index (χ3v) is 5.60. The Balaban J connectivity index is 1.88. The highest BCUT2D eigenvalue weighted by Gasteiger charge is 2.25. The van der Waals surface area contributed by atoms with Crippen LogP contribution in [0.1, 0.15) is 34.6 Å². The molecular formula is C24H30FN3O4. The fourth-order valence-electron chi connectivity index (χ4n) is 3.58. The molecule has 8 heteroatoms. The number of nitrogens with zero attached hydrogens (tertiary/aromatic N) is 1. The van der Waals surface area contributed by atoms with Crippen molar-refractivity contribution in [3.8, 4) is 5.75 Å². The zero-order chi connectivity index (χ0) is 23.3. The Morgan fingerprint density at radius 3 is 2.72 bits per heavy atom. The molecule has 1 heterocycles. The highest BCUT2D eigenvalue weighted by molar-refractivity contribution is 6.05. The summed E-state index contributed by atoms with van der Waals surface area (Å²) in [6.07, 6.45) is -0.119. The van der Waals surface area contributed by atoms with Gasteiger partial charge in [0.25, 0.3) is 11.8 Å². The summed E-state index contributed by atoms with van der Waals surface area (Å²) in [5.74, 6) is -0.836. The number of methoxy groups -OCH3 is 1. The number of hydrogen-bond acceptors (Lipinski definition) is 5. The van der Waals surface area contributed by atoms with Gasteiger partial charge in [-0.2, -0.15) is 0 Å². The third kappa shape index (κ3) is 5.63. The van der Waals surface area contributed by atoms with Crippen LogP contribution in [-0.2, 0) is 4.74 Å². The maximum atomic E-state index is 13.9. The minimum absolute atomic E-state index is 0.0340. The van der Waals surface area contributed by atoms with Gasteiger partial charge in [0.1, 0.15) is 18.2 Å². The minimum atomic E-state index is -0.605. The van der Waals surface area contributed by atoms with Crippen molar-refractivity contribution in [1.29, 1.82) is 0 Å². The van der Waals surface area contributed by atoms with Crippen LogP contribution in [0.2, 0.25) is 0 Å². The molecule has 0 radical (unpaired) electrons. The summed E-state index contributed by atoms with van der Waals surface area (Å²) in [7, 11) is 3.37. The largest absolute Gasteiger partial charge is 0.491 e. The summed E-state index contributed by atoms with van der Waals surface area (Å²) in [5.41, 5.74) is 0.727. The maximum absolute atomic E-state index is 13.9. The van der Waals surface area contributed by atoms with Crippen LogP contribution in [0.25, 0.3) is 0 Å². The summed E-state index contributed by atoms with van der Waals surface area (Å²) in [4.78, 5) is 27.2. The van der Waals surface area contributed by atoms with E-state index in [1.807, 2.05) is 6.92 Å². The zero-order valence-electron chi connectivity index (χ0n) is 18.9. The van der Waals surface area contributed by atoms with Gasteiger partial charge in [0.15, 0.2) is 0 Å². The van der Waals surface area contributed by atoms with Crippen molar-refractivity contribution < 1.29 is 23.5 Å². The lowest BCUT2D eigenvalue weighted by Gasteiger charge is -2.30. The monoisotopic (exact) mass is 443 g/mol. The van der Waals surface area contributed by atoms with E-state index in [1.165, 1.54) is 18.2 Å². The van der Waals surface area contributed by atoms with Crippen LogP contribution in [0.15, 0.2) is 42.5 Å². The van der Waals surface area contributed by atoms with Gasteiger partial charge < -0.3 is 25.0 Å². The van der Waals surface area contributed by atoms with Gasteiger partial charge in [-0.05, 0) is 37.1 Å². The number of rotatable bonds is 3. The highest BCUT2D eigenvalue weighted by atomic mass is 19.1. The molecule has 2 N–H and O–H groups in total. The van der Waals surface area contributed by atoms with Crippen LogP contribution >= 0.6 is 0 Å². The molecule has 0 saturated carbocycles. The fourth-order valence-corrected chi connectivity index (χ4v) is 3.58. The first-order valence-corrected chi connectivity index (χ1v) is 10.6. The van der Waals surface area contributed by atoms with Crippen molar-refractivity contribution >= 4 is 17.5 Å². The van der Waals surface area contributed by atoms with E-state index >= 15 is 0 Å². The van der Waals surface area contributed by atoms with Crippen LogP contribution in [0.5, 0.6) is 5.75 Å². The third-order valence-electron chi connectivity index (χ3n) is 5.60. The molecular weight excluding hydrogens is 413 g/mol. The predicted molar refractivity (Wildman–Crippen MR) is 121 cm³/mol. The number of nitrogens with one attached hydrogen (secondary N) is 2. The Labute approximate surface area is 187 Å². The van der Waals surface area contributed by atoms with Crippen molar-refractivity contribution in [3.63, 3.8) is 0 Å². The standard InChI is InChI=1S/C24H30FN3O4/c1-15-12-26-16(2)14-32-21-11-17(27-23(29)18-7-5-6-8-20(18)25)9-10-19(21)24(30)28(3)13-22(15)31-4/h5-11,15-16,22,26H,12-14H2,1-4H3,(H,27,29)/t15-,16+,22+/m1/s1. The van der Waals surface area contributed by atoms with Crippen LogP contribution in [-0.4, -0.2) is 62.7 Å². The molecule has 3 rings (SSSR count). The first-order valence-electron chi connectivity index (χ1n) is 10.6. The number of likely N-dealkylation sites (N-methyl/N-ethyl adjacent to an activating group) is 1. The van der Waals surface area contributed by atoms with E-state index in [2.05, 4.69) is 17.6 Å². The highest BCUT2D eigenvalue weighted by Crippen LogP contribution is 2.26. The van der Waals surface area contributed by atoms with E-state index in [1.54, 1.807) is 43.3 Å². The Kier molecular flexibility index (Phi) is 7.82. The van der Waals surface area contributed by atoms with E-state index in [-0.39, 0.29) is 29.5 Å². The molecule has 1 aliphatic heterocycles. The van der Waals surface area contributed by atoms with Gasteiger partial charge in [0.05, 0.1) is 17.2 Å². The van der Waals surface area contributed by atoms with Crippen LogP contribution < -0.4 is 15.4 Å². The van der Waals surface area contributed by atoms with E-state index in [0.29, 0.717) is 30.2 Å². The molecule has 0 spiro atoms. The van der Waals surface area contributed by atoms with E-state index in [4.69, 9.17) is 9.47 Å². The molecule has 3 atom stereocenters. The number of halogens is 1. The van der Waals surface area contributed by atoms with Gasteiger partial charge >= 0.3 is 0 Å². The summed E-state index contributed by atoms with van der Waals surface area (Å²) in [6.45, 7) is 5.56. The number of ether oxygens (including phenoxy) is 2. The van der Waals surface area contributed by atoms with Crippen molar-refractivity contribution in [2.24, 2.45) is 5.92 Å². The summed E-state index contributed by atoms with van der Waals surface area (Å²) in [6, 6.07) is 10.6. The number of benzene rings is 2. The van der Waals surface area contributed by atoms with Crippen LogP contribution in [0, 0.1) is 11.7 Å². The second kappa shape index (κ2) is 10.6. The first kappa shape index (κ1) is 23.7. The van der Waals surface area contributed by atoms with Gasteiger partial charge in [-0.1, -0.05) is 19.1 Å². The number of amides is 2. The van der Waals surface area contributed by atoms with Crippen molar-refractivity contribution in [1.82, 2.24) is 10.2 Å². The number of carbonyl (C=O) groups excluding carboxylic acids is 2. The van der Waals surface area contributed by atoms with Gasteiger partial charge in [-0.3, -0.25) is 9.59 Å². The normalized spacial score (nSPS) is 22.2. The lowest BCUT2D eigenvalue weighted by atomic mass is 10.0. The molecule has 32 heavy (non-hydrogen) atoms.